The minimum absolute atomic E-state index is 0.269. The van der Waals surface area contributed by atoms with Crippen molar-refractivity contribution in [1.82, 2.24) is 19.4 Å². The first-order chi connectivity index (χ1) is 18.8. The smallest absolute Gasteiger partial charge is 0.231 e. The highest BCUT2D eigenvalue weighted by Gasteiger charge is 2.23. The standard InChI is InChI=1S/C30H30N4O4/c1-2-6-26-25(4-1)31-29(34(26)17-23-12-15-35-23)18-33-13-10-22(11-14-33)24-5-3-7-30(32-24)36-19-21-8-9-27-28(16-21)38-20-37-27/h1-10,16,23H,11-15,17-20H2/t23-/m0/s1. The van der Waals surface area contributed by atoms with Crippen molar-refractivity contribution in [3.63, 3.8) is 0 Å². The molecule has 2 aromatic heterocycles. The lowest BCUT2D eigenvalue weighted by Crippen LogP contribution is -2.33. The minimum Gasteiger partial charge on any atom is -0.473 e. The zero-order valence-electron chi connectivity index (χ0n) is 21.2. The largest absolute Gasteiger partial charge is 0.473 e. The normalized spacial score (nSPS) is 18.8. The van der Waals surface area contributed by atoms with E-state index in [0.717, 1.165) is 79.7 Å². The molecule has 0 radical (unpaired) electrons. The number of hydrogen-bond donors (Lipinski definition) is 0. The number of benzene rings is 2. The minimum atomic E-state index is 0.269. The van der Waals surface area contributed by atoms with Crippen LogP contribution >= 0.6 is 0 Å². The van der Waals surface area contributed by atoms with Gasteiger partial charge in [-0.3, -0.25) is 4.90 Å². The fraction of sp³-hybridized carbons (Fsp3) is 0.333. The van der Waals surface area contributed by atoms with E-state index in [1.54, 1.807) is 0 Å². The molecule has 0 spiro atoms. The number of para-hydroxylation sites is 2. The second kappa shape index (κ2) is 10.1. The van der Waals surface area contributed by atoms with E-state index in [2.05, 4.69) is 45.9 Å². The number of ether oxygens (including phenoxy) is 4. The van der Waals surface area contributed by atoms with Crippen LogP contribution in [0, 0.1) is 0 Å². The Morgan fingerprint density at radius 3 is 2.76 bits per heavy atom. The summed E-state index contributed by atoms with van der Waals surface area (Å²) < 4.78 is 24.9. The third-order valence-corrected chi connectivity index (χ3v) is 7.45. The first-order valence-corrected chi connectivity index (χ1v) is 13.2. The predicted octanol–water partition coefficient (Wildman–Crippen LogP) is 4.82. The molecule has 0 bridgehead atoms. The van der Waals surface area contributed by atoms with Gasteiger partial charge in [-0.15, -0.1) is 0 Å². The molecule has 5 heterocycles. The fourth-order valence-corrected chi connectivity index (χ4v) is 5.23. The molecule has 4 aromatic rings. The summed E-state index contributed by atoms with van der Waals surface area (Å²) >= 11 is 0. The van der Waals surface area contributed by atoms with Gasteiger partial charge in [-0.1, -0.05) is 30.3 Å². The van der Waals surface area contributed by atoms with Crippen LogP contribution in [0.4, 0.5) is 0 Å². The molecule has 0 unspecified atom stereocenters. The van der Waals surface area contributed by atoms with Gasteiger partial charge >= 0.3 is 0 Å². The van der Waals surface area contributed by atoms with Gasteiger partial charge in [0.2, 0.25) is 12.7 Å². The van der Waals surface area contributed by atoms with Crippen LogP contribution in [-0.2, 0) is 24.4 Å². The van der Waals surface area contributed by atoms with Crippen LogP contribution in [0.3, 0.4) is 0 Å². The third kappa shape index (κ3) is 4.73. The zero-order chi connectivity index (χ0) is 25.3. The van der Waals surface area contributed by atoms with E-state index in [4.69, 9.17) is 28.9 Å². The molecule has 2 aromatic carbocycles. The van der Waals surface area contributed by atoms with Gasteiger partial charge in [-0.05, 0) is 54.3 Å². The van der Waals surface area contributed by atoms with Crippen molar-refractivity contribution in [3.8, 4) is 17.4 Å². The van der Waals surface area contributed by atoms with Crippen molar-refractivity contribution in [2.75, 3.05) is 26.5 Å². The summed E-state index contributed by atoms with van der Waals surface area (Å²) in [5, 5.41) is 0. The first-order valence-electron chi connectivity index (χ1n) is 13.2. The maximum Gasteiger partial charge on any atom is 0.231 e. The van der Waals surface area contributed by atoms with Crippen LogP contribution in [0.25, 0.3) is 16.6 Å². The molecule has 194 valence electrons. The van der Waals surface area contributed by atoms with Crippen molar-refractivity contribution >= 4 is 16.6 Å². The van der Waals surface area contributed by atoms with Crippen molar-refractivity contribution in [2.45, 2.75) is 38.6 Å². The Morgan fingerprint density at radius 2 is 1.89 bits per heavy atom. The van der Waals surface area contributed by atoms with E-state index in [9.17, 15) is 0 Å². The van der Waals surface area contributed by atoms with Crippen LogP contribution in [-0.4, -0.2) is 52.0 Å². The predicted molar refractivity (Wildman–Crippen MR) is 143 cm³/mol. The molecule has 0 N–H and O–H groups in total. The van der Waals surface area contributed by atoms with Gasteiger partial charge in [-0.2, -0.15) is 0 Å². The topological polar surface area (TPSA) is 70.9 Å². The van der Waals surface area contributed by atoms with Gasteiger partial charge in [0.25, 0.3) is 0 Å². The molecular weight excluding hydrogens is 480 g/mol. The number of nitrogens with zero attached hydrogens (tertiary/aromatic N) is 4. The van der Waals surface area contributed by atoms with E-state index in [-0.39, 0.29) is 6.79 Å². The number of fused-ring (bicyclic) bond motifs is 2. The lowest BCUT2D eigenvalue weighted by Gasteiger charge is -2.29. The highest BCUT2D eigenvalue weighted by atomic mass is 16.7. The van der Waals surface area contributed by atoms with E-state index < -0.39 is 0 Å². The van der Waals surface area contributed by atoms with Gasteiger partial charge in [0.15, 0.2) is 11.5 Å². The molecule has 8 heteroatoms. The van der Waals surface area contributed by atoms with E-state index >= 15 is 0 Å². The molecule has 7 rings (SSSR count). The molecule has 8 nitrogen and oxygen atoms in total. The lowest BCUT2D eigenvalue weighted by molar-refractivity contribution is -0.0591. The Hall–Kier alpha value is -3.88. The molecule has 0 saturated carbocycles. The second-order valence-corrected chi connectivity index (χ2v) is 9.96. The van der Waals surface area contributed by atoms with Crippen molar-refractivity contribution < 1.29 is 18.9 Å². The number of pyridine rings is 1. The summed E-state index contributed by atoms with van der Waals surface area (Å²) in [5.41, 5.74) is 5.49. The van der Waals surface area contributed by atoms with E-state index in [1.165, 1.54) is 11.1 Å². The Bertz CT molecular complexity index is 1490. The molecule has 1 fully saturated rings. The Kier molecular flexibility index (Phi) is 6.19. The molecule has 38 heavy (non-hydrogen) atoms. The monoisotopic (exact) mass is 510 g/mol. The summed E-state index contributed by atoms with van der Waals surface area (Å²) in [6.45, 7) is 5.06. The summed E-state index contributed by atoms with van der Waals surface area (Å²) in [6.07, 6.45) is 4.64. The Morgan fingerprint density at radius 1 is 0.974 bits per heavy atom. The van der Waals surface area contributed by atoms with Gasteiger partial charge in [0.1, 0.15) is 12.4 Å². The summed E-state index contributed by atoms with van der Waals surface area (Å²) in [6, 6.07) is 20.2. The number of imidazole rings is 1. The molecule has 1 saturated heterocycles. The Balaban J connectivity index is 1.01. The number of rotatable bonds is 8. The van der Waals surface area contributed by atoms with Gasteiger partial charge in [-0.25, -0.2) is 9.97 Å². The highest BCUT2D eigenvalue weighted by Crippen LogP contribution is 2.33. The molecule has 1 atom stereocenters. The molecule has 0 amide bonds. The van der Waals surface area contributed by atoms with E-state index in [1.807, 2.05) is 30.3 Å². The zero-order valence-corrected chi connectivity index (χ0v) is 21.2. The summed E-state index contributed by atoms with van der Waals surface area (Å²) in [4.78, 5) is 12.2. The summed E-state index contributed by atoms with van der Waals surface area (Å²) in [5.74, 6) is 3.26. The summed E-state index contributed by atoms with van der Waals surface area (Å²) in [7, 11) is 0. The van der Waals surface area contributed by atoms with Gasteiger partial charge in [0.05, 0.1) is 35.9 Å². The molecule has 3 aliphatic heterocycles. The van der Waals surface area contributed by atoms with Crippen LogP contribution in [0.1, 0.15) is 29.9 Å². The van der Waals surface area contributed by atoms with Gasteiger partial charge < -0.3 is 23.5 Å². The highest BCUT2D eigenvalue weighted by molar-refractivity contribution is 5.76. The number of aromatic nitrogens is 3. The maximum absolute atomic E-state index is 6.00. The first kappa shape index (κ1) is 23.3. The molecule has 3 aliphatic rings. The number of hydrogen-bond acceptors (Lipinski definition) is 7. The fourth-order valence-electron chi connectivity index (χ4n) is 5.23. The van der Waals surface area contributed by atoms with Crippen molar-refractivity contribution in [2.24, 2.45) is 0 Å². The third-order valence-electron chi connectivity index (χ3n) is 7.45. The van der Waals surface area contributed by atoms with Crippen molar-refractivity contribution in [3.05, 3.63) is 83.8 Å². The SMILES string of the molecule is C1=C(c2cccc(OCc3ccc4c(c3)OCO4)n2)CCN(Cc2nc3ccccc3n2C[C@@H]2CCO2)C1. The lowest BCUT2D eigenvalue weighted by atomic mass is 10.0. The average Bonchev–Trinajstić information content (AvgIpc) is 3.54. The maximum atomic E-state index is 6.00. The van der Waals surface area contributed by atoms with Gasteiger partial charge in [0, 0.05) is 25.8 Å². The average molecular weight is 511 g/mol. The van der Waals surface area contributed by atoms with E-state index in [0.29, 0.717) is 18.6 Å². The Labute approximate surface area is 221 Å². The molecular formula is C30H30N4O4. The van der Waals surface area contributed by atoms with Crippen LogP contribution < -0.4 is 14.2 Å². The van der Waals surface area contributed by atoms with Crippen LogP contribution in [0.15, 0.2) is 66.7 Å². The van der Waals surface area contributed by atoms with Crippen LogP contribution in [0.2, 0.25) is 0 Å². The second-order valence-electron chi connectivity index (χ2n) is 9.96. The van der Waals surface area contributed by atoms with Crippen LogP contribution in [0.5, 0.6) is 17.4 Å². The van der Waals surface area contributed by atoms with Crippen molar-refractivity contribution in [1.29, 1.82) is 0 Å². The quantitative estimate of drug-likeness (QED) is 0.337. The molecule has 0 aliphatic carbocycles.